The van der Waals surface area contributed by atoms with E-state index in [-0.39, 0.29) is 10.6 Å². The summed E-state index contributed by atoms with van der Waals surface area (Å²) in [5.74, 6) is 0. The number of nitro benzene ring substituents is 1. The highest BCUT2D eigenvalue weighted by Gasteiger charge is 2.03. The van der Waals surface area contributed by atoms with Crippen molar-refractivity contribution in [1.82, 2.24) is 0 Å². The third kappa shape index (κ3) is 4.11. The molecule has 82 valence electrons. The molecule has 0 aliphatic rings. The number of aryl methyl sites for hydroxylation is 1. The molecular weight excluding hydrogens is 190 g/mol. The Labute approximate surface area is 90.3 Å². The van der Waals surface area contributed by atoms with Gasteiger partial charge in [-0.2, -0.15) is 0 Å². The lowest BCUT2D eigenvalue weighted by molar-refractivity contribution is -0.384. The molecule has 0 radical (unpaired) electrons. The van der Waals surface area contributed by atoms with Crippen molar-refractivity contribution in [2.24, 2.45) is 0 Å². The Hall–Kier alpha value is -1.38. The van der Waals surface area contributed by atoms with Gasteiger partial charge in [0, 0.05) is 12.1 Å². The zero-order valence-electron chi connectivity index (χ0n) is 9.11. The first-order valence-corrected chi connectivity index (χ1v) is 5.47. The van der Waals surface area contributed by atoms with Crippen LogP contribution in [0.2, 0.25) is 0 Å². The second-order valence-electron chi connectivity index (χ2n) is 3.73. The summed E-state index contributed by atoms with van der Waals surface area (Å²) in [6.07, 6.45) is 5.95. The number of hydrogen-bond donors (Lipinski definition) is 0. The normalized spacial score (nSPS) is 10.2. The Morgan fingerprint density at radius 2 is 1.80 bits per heavy atom. The minimum Gasteiger partial charge on any atom is -0.258 e. The van der Waals surface area contributed by atoms with Crippen LogP contribution in [0.25, 0.3) is 0 Å². The van der Waals surface area contributed by atoms with Gasteiger partial charge in [-0.3, -0.25) is 10.1 Å². The first-order chi connectivity index (χ1) is 7.24. The van der Waals surface area contributed by atoms with Crippen LogP contribution in [-0.2, 0) is 6.42 Å². The summed E-state index contributed by atoms with van der Waals surface area (Å²) < 4.78 is 0. The molecule has 0 saturated carbocycles. The van der Waals surface area contributed by atoms with Crippen LogP contribution in [0, 0.1) is 10.1 Å². The molecule has 1 aromatic carbocycles. The number of non-ortho nitro benzene ring substituents is 1. The van der Waals surface area contributed by atoms with E-state index in [0.717, 1.165) is 6.42 Å². The maximum Gasteiger partial charge on any atom is 0.269 e. The Bertz CT molecular complexity index is 306. The third-order valence-corrected chi connectivity index (χ3v) is 2.47. The molecule has 1 aromatic rings. The number of unbranched alkanes of at least 4 members (excludes halogenated alkanes) is 3. The highest BCUT2D eigenvalue weighted by Crippen LogP contribution is 2.14. The first-order valence-electron chi connectivity index (χ1n) is 5.47. The first kappa shape index (κ1) is 11.7. The van der Waals surface area contributed by atoms with Crippen LogP contribution < -0.4 is 0 Å². The van der Waals surface area contributed by atoms with E-state index in [1.54, 1.807) is 12.1 Å². The molecule has 0 aliphatic heterocycles. The maximum absolute atomic E-state index is 10.4. The predicted octanol–water partition coefficient (Wildman–Crippen LogP) is 3.72. The zero-order valence-corrected chi connectivity index (χ0v) is 9.11. The van der Waals surface area contributed by atoms with Crippen LogP contribution in [-0.4, -0.2) is 4.92 Å². The monoisotopic (exact) mass is 207 g/mol. The standard InChI is InChI=1S/C12H17NO2/c1-2-3-4-5-6-11-7-9-12(10-8-11)13(14)15/h7-10H,2-6H2,1H3. The number of hydrogen-bond acceptors (Lipinski definition) is 2. The minimum absolute atomic E-state index is 0.173. The Balaban J connectivity index is 2.39. The summed E-state index contributed by atoms with van der Waals surface area (Å²) in [7, 11) is 0. The quantitative estimate of drug-likeness (QED) is 0.405. The Kier molecular flexibility index (Phi) is 4.81. The van der Waals surface area contributed by atoms with E-state index in [1.807, 2.05) is 12.1 Å². The zero-order chi connectivity index (χ0) is 11.1. The summed E-state index contributed by atoms with van der Waals surface area (Å²) in [5, 5.41) is 10.4. The molecule has 15 heavy (non-hydrogen) atoms. The van der Waals surface area contributed by atoms with Gasteiger partial charge in [0.2, 0.25) is 0 Å². The summed E-state index contributed by atoms with van der Waals surface area (Å²) in [5.41, 5.74) is 1.36. The van der Waals surface area contributed by atoms with Crippen molar-refractivity contribution >= 4 is 5.69 Å². The van der Waals surface area contributed by atoms with Crippen molar-refractivity contribution in [3.05, 3.63) is 39.9 Å². The topological polar surface area (TPSA) is 43.1 Å². The van der Waals surface area contributed by atoms with Crippen molar-refractivity contribution in [3.8, 4) is 0 Å². The summed E-state index contributed by atoms with van der Waals surface area (Å²) in [4.78, 5) is 10.1. The Morgan fingerprint density at radius 1 is 1.13 bits per heavy atom. The van der Waals surface area contributed by atoms with E-state index < -0.39 is 0 Å². The number of benzene rings is 1. The van der Waals surface area contributed by atoms with Crippen LogP contribution in [0.5, 0.6) is 0 Å². The van der Waals surface area contributed by atoms with Crippen LogP contribution in [0.15, 0.2) is 24.3 Å². The van der Waals surface area contributed by atoms with Gasteiger partial charge in [-0.05, 0) is 18.4 Å². The lowest BCUT2D eigenvalue weighted by Crippen LogP contribution is -1.89. The fraction of sp³-hybridized carbons (Fsp3) is 0.500. The molecule has 0 spiro atoms. The van der Waals surface area contributed by atoms with E-state index in [9.17, 15) is 10.1 Å². The highest BCUT2D eigenvalue weighted by atomic mass is 16.6. The van der Waals surface area contributed by atoms with Crippen LogP contribution in [0.4, 0.5) is 5.69 Å². The van der Waals surface area contributed by atoms with Crippen LogP contribution in [0.3, 0.4) is 0 Å². The molecule has 0 bridgehead atoms. The molecule has 0 heterocycles. The maximum atomic E-state index is 10.4. The second kappa shape index (κ2) is 6.17. The molecule has 3 heteroatoms. The average molecular weight is 207 g/mol. The summed E-state index contributed by atoms with van der Waals surface area (Å²) >= 11 is 0. The number of rotatable bonds is 6. The molecule has 0 unspecified atom stereocenters. The number of nitro groups is 1. The van der Waals surface area contributed by atoms with E-state index in [1.165, 1.54) is 31.2 Å². The van der Waals surface area contributed by atoms with Gasteiger partial charge in [-0.15, -0.1) is 0 Å². The van der Waals surface area contributed by atoms with Crippen molar-refractivity contribution < 1.29 is 4.92 Å². The molecule has 0 saturated heterocycles. The molecule has 0 fully saturated rings. The highest BCUT2D eigenvalue weighted by molar-refractivity contribution is 5.32. The fourth-order valence-corrected chi connectivity index (χ4v) is 1.54. The number of nitrogens with zero attached hydrogens (tertiary/aromatic N) is 1. The predicted molar refractivity (Wildman–Crippen MR) is 60.9 cm³/mol. The summed E-state index contributed by atoms with van der Waals surface area (Å²) in [6.45, 7) is 2.19. The van der Waals surface area contributed by atoms with Gasteiger partial charge in [-0.25, -0.2) is 0 Å². The molecule has 0 N–H and O–H groups in total. The molecular formula is C12H17NO2. The lowest BCUT2D eigenvalue weighted by Gasteiger charge is -2.00. The van der Waals surface area contributed by atoms with Crippen LogP contribution >= 0.6 is 0 Å². The van der Waals surface area contributed by atoms with E-state index in [4.69, 9.17) is 0 Å². The Morgan fingerprint density at radius 3 is 2.33 bits per heavy atom. The lowest BCUT2D eigenvalue weighted by atomic mass is 10.1. The SMILES string of the molecule is CCCCCCc1ccc([N+](=O)[O-])cc1. The fourth-order valence-electron chi connectivity index (χ4n) is 1.54. The average Bonchev–Trinajstić information content (AvgIpc) is 2.25. The largest absolute Gasteiger partial charge is 0.269 e. The van der Waals surface area contributed by atoms with Gasteiger partial charge in [0.1, 0.15) is 0 Å². The molecule has 0 atom stereocenters. The van der Waals surface area contributed by atoms with E-state index in [2.05, 4.69) is 6.92 Å². The molecule has 1 rings (SSSR count). The van der Waals surface area contributed by atoms with Gasteiger partial charge >= 0.3 is 0 Å². The van der Waals surface area contributed by atoms with Gasteiger partial charge < -0.3 is 0 Å². The summed E-state index contributed by atoms with van der Waals surface area (Å²) in [6, 6.07) is 6.86. The second-order valence-corrected chi connectivity index (χ2v) is 3.73. The van der Waals surface area contributed by atoms with Gasteiger partial charge in [0.05, 0.1) is 4.92 Å². The van der Waals surface area contributed by atoms with Gasteiger partial charge in [-0.1, -0.05) is 38.3 Å². The van der Waals surface area contributed by atoms with E-state index in [0.29, 0.717) is 0 Å². The van der Waals surface area contributed by atoms with Gasteiger partial charge in [0.25, 0.3) is 5.69 Å². The van der Waals surface area contributed by atoms with Crippen molar-refractivity contribution in [3.63, 3.8) is 0 Å². The molecule has 0 amide bonds. The van der Waals surface area contributed by atoms with Crippen LogP contribution in [0.1, 0.15) is 38.2 Å². The minimum atomic E-state index is -0.360. The molecule has 0 aromatic heterocycles. The molecule has 0 aliphatic carbocycles. The molecule has 3 nitrogen and oxygen atoms in total. The van der Waals surface area contributed by atoms with Crippen molar-refractivity contribution in [2.75, 3.05) is 0 Å². The van der Waals surface area contributed by atoms with E-state index >= 15 is 0 Å². The van der Waals surface area contributed by atoms with Crippen molar-refractivity contribution in [2.45, 2.75) is 39.0 Å². The smallest absolute Gasteiger partial charge is 0.258 e. The van der Waals surface area contributed by atoms with Crippen molar-refractivity contribution in [1.29, 1.82) is 0 Å². The van der Waals surface area contributed by atoms with Gasteiger partial charge in [0.15, 0.2) is 0 Å². The third-order valence-electron chi connectivity index (χ3n) is 2.47.